The minimum Gasteiger partial charge on any atom is -0.258 e. The second-order valence-corrected chi connectivity index (χ2v) is 3.69. The van der Waals surface area contributed by atoms with E-state index in [1.54, 1.807) is 18.5 Å². The molecule has 17 heavy (non-hydrogen) atoms. The van der Waals surface area contributed by atoms with Crippen LogP contribution in [0, 0.1) is 13.8 Å². The van der Waals surface area contributed by atoms with Crippen LogP contribution in [-0.4, -0.2) is 15.0 Å². The number of halogens is 1. The molecule has 0 saturated heterocycles. The topological polar surface area (TPSA) is 38.7 Å². The molecule has 0 aliphatic heterocycles. The molecular formula is C13H16ClN3. The lowest BCUT2D eigenvalue weighted by atomic mass is 10.1. The Morgan fingerprint density at radius 3 is 2.18 bits per heavy atom. The van der Waals surface area contributed by atoms with Crippen LogP contribution in [0.4, 0.5) is 0 Å². The van der Waals surface area contributed by atoms with Crippen molar-refractivity contribution in [3.63, 3.8) is 0 Å². The lowest BCUT2D eigenvalue weighted by molar-refractivity contribution is 1.09. The summed E-state index contributed by atoms with van der Waals surface area (Å²) >= 11 is 6.15. The van der Waals surface area contributed by atoms with E-state index in [0.29, 0.717) is 10.8 Å². The van der Waals surface area contributed by atoms with Crippen LogP contribution in [0.15, 0.2) is 24.5 Å². The molecule has 0 amide bonds. The van der Waals surface area contributed by atoms with Gasteiger partial charge < -0.3 is 0 Å². The number of pyridine rings is 1. The zero-order valence-corrected chi connectivity index (χ0v) is 11.3. The Balaban J connectivity index is 0.000000686. The predicted octanol–water partition coefficient (Wildman–Crippen LogP) is 3.84. The van der Waals surface area contributed by atoms with Gasteiger partial charge in [0.15, 0.2) is 5.82 Å². The second kappa shape index (κ2) is 6.30. The van der Waals surface area contributed by atoms with Crippen LogP contribution in [0.3, 0.4) is 0 Å². The highest BCUT2D eigenvalue weighted by molar-refractivity contribution is 6.33. The first-order chi connectivity index (χ1) is 8.18. The summed E-state index contributed by atoms with van der Waals surface area (Å²) in [6.45, 7) is 7.82. The van der Waals surface area contributed by atoms with Crippen molar-refractivity contribution in [2.75, 3.05) is 0 Å². The first kappa shape index (κ1) is 13.6. The summed E-state index contributed by atoms with van der Waals surface area (Å²) in [4.78, 5) is 12.7. The third kappa shape index (κ3) is 3.24. The van der Waals surface area contributed by atoms with Crippen molar-refractivity contribution in [2.45, 2.75) is 27.7 Å². The van der Waals surface area contributed by atoms with Crippen molar-refractivity contribution in [1.29, 1.82) is 0 Å². The average molecular weight is 250 g/mol. The molecule has 0 fully saturated rings. The summed E-state index contributed by atoms with van der Waals surface area (Å²) in [5.41, 5.74) is 2.56. The SMILES string of the molecule is CC.Cc1cc(Cl)c(-c2ncccn2)c(C)n1. The number of hydrogen-bond acceptors (Lipinski definition) is 3. The van der Waals surface area contributed by atoms with E-state index in [1.165, 1.54) is 0 Å². The maximum Gasteiger partial charge on any atom is 0.162 e. The van der Waals surface area contributed by atoms with E-state index in [-0.39, 0.29) is 0 Å². The van der Waals surface area contributed by atoms with Crippen LogP contribution in [-0.2, 0) is 0 Å². The monoisotopic (exact) mass is 249 g/mol. The van der Waals surface area contributed by atoms with Crippen molar-refractivity contribution in [1.82, 2.24) is 15.0 Å². The molecule has 2 heterocycles. The van der Waals surface area contributed by atoms with Crippen LogP contribution in [0.2, 0.25) is 5.02 Å². The van der Waals surface area contributed by atoms with Crippen molar-refractivity contribution in [3.05, 3.63) is 40.9 Å². The molecule has 0 aromatic carbocycles. The smallest absolute Gasteiger partial charge is 0.162 e. The lowest BCUT2D eigenvalue weighted by Gasteiger charge is -2.06. The van der Waals surface area contributed by atoms with E-state index in [4.69, 9.17) is 11.6 Å². The maximum absolute atomic E-state index is 6.15. The molecule has 2 aromatic heterocycles. The number of rotatable bonds is 1. The maximum atomic E-state index is 6.15. The van der Waals surface area contributed by atoms with E-state index < -0.39 is 0 Å². The Morgan fingerprint density at radius 1 is 1.06 bits per heavy atom. The normalized spacial score (nSPS) is 9.47. The third-order valence-corrected chi connectivity index (χ3v) is 2.37. The van der Waals surface area contributed by atoms with Gasteiger partial charge in [0.1, 0.15) is 0 Å². The minimum atomic E-state index is 0.618. The molecule has 0 atom stereocenters. The van der Waals surface area contributed by atoms with Gasteiger partial charge in [0.2, 0.25) is 0 Å². The Hall–Kier alpha value is -1.48. The lowest BCUT2D eigenvalue weighted by Crippen LogP contribution is -1.95. The first-order valence-electron chi connectivity index (χ1n) is 5.59. The number of aryl methyl sites for hydroxylation is 2. The molecule has 0 aliphatic rings. The van der Waals surface area contributed by atoms with Gasteiger partial charge in [-0.05, 0) is 26.0 Å². The molecule has 0 unspecified atom stereocenters. The fraction of sp³-hybridized carbons (Fsp3) is 0.308. The largest absolute Gasteiger partial charge is 0.258 e. The summed E-state index contributed by atoms with van der Waals surface area (Å²) in [5.74, 6) is 0.618. The van der Waals surface area contributed by atoms with Crippen LogP contribution < -0.4 is 0 Å². The molecule has 0 spiro atoms. The summed E-state index contributed by atoms with van der Waals surface area (Å²) in [7, 11) is 0. The minimum absolute atomic E-state index is 0.618. The zero-order valence-electron chi connectivity index (χ0n) is 10.5. The summed E-state index contributed by atoms with van der Waals surface area (Å²) in [6.07, 6.45) is 3.38. The fourth-order valence-electron chi connectivity index (χ4n) is 1.48. The van der Waals surface area contributed by atoms with Gasteiger partial charge in [-0.15, -0.1) is 0 Å². The highest BCUT2D eigenvalue weighted by atomic mass is 35.5. The molecule has 0 radical (unpaired) electrons. The van der Waals surface area contributed by atoms with Crippen molar-refractivity contribution in [3.8, 4) is 11.4 Å². The van der Waals surface area contributed by atoms with Gasteiger partial charge in [0.25, 0.3) is 0 Å². The molecular weight excluding hydrogens is 234 g/mol. The molecule has 0 saturated carbocycles. The van der Waals surface area contributed by atoms with E-state index in [1.807, 2.05) is 33.8 Å². The second-order valence-electron chi connectivity index (χ2n) is 3.28. The summed E-state index contributed by atoms with van der Waals surface area (Å²) in [6, 6.07) is 3.59. The Labute approximate surface area is 107 Å². The first-order valence-corrected chi connectivity index (χ1v) is 5.97. The van der Waals surface area contributed by atoms with Crippen molar-refractivity contribution >= 4 is 11.6 Å². The highest BCUT2D eigenvalue weighted by Gasteiger charge is 2.10. The average Bonchev–Trinajstić information content (AvgIpc) is 2.31. The molecule has 3 nitrogen and oxygen atoms in total. The van der Waals surface area contributed by atoms with Crippen molar-refractivity contribution < 1.29 is 0 Å². The molecule has 0 bridgehead atoms. The van der Waals surface area contributed by atoms with Gasteiger partial charge in [-0.1, -0.05) is 25.4 Å². The highest BCUT2D eigenvalue weighted by Crippen LogP contribution is 2.27. The Morgan fingerprint density at radius 2 is 1.65 bits per heavy atom. The molecule has 2 rings (SSSR count). The Bertz CT molecular complexity index is 460. The van der Waals surface area contributed by atoms with Gasteiger partial charge in [0.05, 0.1) is 16.3 Å². The van der Waals surface area contributed by atoms with Crippen LogP contribution in [0.25, 0.3) is 11.4 Å². The number of nitrogens with zero attached hydrogens (tertiary/aromatic N) is 3. The van der Waals surface area contributed by atoms with Crippen molar-refractivity contribution in [2.24, 2.45) is 0 Å². The fourth-order valence-corrected chi connectivity index (χ4v) is 1.86. The number of aromatic nitrogens is 3. The van der Waals surface area contributed by atoms with Crippen LogP contribution >= 0.6 is 11.6 Å². The van der Waals surface area contributed by atoms with Crippen LogP contribution in [0.5, 0.6) is 0 Å². The van der Waals surface area contributed by atoms with Gasteiger partial charge in [0, 0.05) is 18.1 Å². The van der Waals surface area contributed by atoms with Gasteiger partial charge >= 0.3 is 0 Å². The molecule has 0 aliphatic carbocycles. The third-order valence-electron chi connectivity index (χ3n) is 2.07. The van der Waals surface area contributed by atoms with E-state index in [2.05, 4.69) is 15.0 Å². The molecule has 2 aromatic rings. The van der Waals surface area contributed by atoms with E-state index in [0.717, 1.165) is 17.0 Å². The summed E-state index contributed by atoms with van der Waals surface area (Å²) < 4.78 is 0. The summed E-state index contributed by atoms with van der Waals surface area (Å²) in [5, 5.41) is 0.645. The van der Waals surface area contributed by atoms with Gasteiger partial charge in [-0.25, -0.2) is 9.97 Å². The molecule has 4 heteroatoms. The van der Waals surface area contributed by atoms with Gasteiger partial charge in [-0.2, -0.15) is 0 Å². The standard InChI is InChI=1S/C11H10ClN3.C2H6/c1-7-6-9(12)10(8(2)15-7)11-13-4-3-5-14-11;1-2/h3-6H,1-2H3;1-2H3. The zero-order chi connectivity index (χ0) is 12.8. The molecule has 90 valence electrons. The van der Waals surface area contributed by atoms with Gasteiger partial charge in [-0.3, -0.25) is 4.98 Å². The van der Waals surface area contributed by atoms with E-state index in [9.17, 15) is 0 Å². The van der Waals surface area contributed by atoms with Crippen LogP contribution in [0.1, 0.15) is 25.2 Å². The van der Waals surface area contributed by atoms with E-state index >= 15 is 0 Å². The Kier molecular flexibility index (Phi) is 5.04. The predicted molar refractivity (Wildman–Crippen MR) is 71.1 cm³/mol. The quantitative estimate of drug-likeness (QED) is 0.771. The molecule has 0 N–H and O–H groups in total. The number of hydrogen-bond donors (Lipinski definition) is 0.